The van der Waals surface area contributed by atoms with Crippen molar-refractivity contribution in [2.45, 2.75) is 39.7 Å². The summed E-state index contributed by atoms with van der Waals surface area (Å²) in [5.74, 6) is 0.614. The molecule has 6 nitrogen and oxygen atoms in total. The van der Waals surface area contributed by atoms with Gasteiger partial charge in [0.05, 0.1) is 30.0 Å². The van der Waals surface area contributed by atoms with Gasteiger partial charge in [-0.25, -0.2) is 4.98 Å². The number of rotatable bonds is 10. The minimum absolute atomic E-state index is 0.610. The van der Waals surface area contributed by atoms with Gasteiger partial charge in [-0.3, -0.25) is 4.68 Å². The summed E-state index contributed by atoms with van der Waals surface area (Å²) in [6.45, 7) is 7.71. The zero-order valence-corrected chi connectivity index (χ0v) is 16.6. The normalized spacial score (nSPS) is 10.9. The third kappa shape index (κ3) is 4.68. The van der Waals surface area contributed by atoms with Gasteiger partial charge in [-0.15, -0.1) is 0 Å². The molecule has 146 valence electrons. The molecular weight excluding hydrogens is 350 g/mol. The van der Waals surface area contributed by atoms with Crippen molar-refractivity contribution in [1.82, 2.24) is 20.1 Å². The van der Waals surface area contributed by atoms with Crippen molar-refractivity contribution in [2.75, 3.05) is 19.7 Å². The lowest BCUT2D eigenvalue weighted by Crippen LogP contribution is -2.17. The van der Waals surface area contributed by atoms with Crippen molar-refractivity contribution in [3.05, 3.63) is 42.1 Å². The topological polar surface area (TPSA) is 75.8 Å². The number of nitrogens with zero attached hydrogens (tertiary/aromatic N) is 4. The van der Waals surface area contributed by atoms with Crippen molar-refractivity contribution in [1.29, 1.82) is 5.26 Å². The highest BCUT2D eigenvalue weighted by molar-refractivity contribution is 5.83. The van der Waals surface area contributed by atoms with Crippen LogP contribution in [0.1, 0.15) is 38.7 Å². The van der Waals surface area contributed by atoms with E-state index in [2.05, 4.69) is 36.4 Å². The van der Waals surface area contributed by atoms with Crippen LogP contribution >= 0.6 is 0 Å². The van der Waals surface area contributed by atoms with Gasteiger partial charge in [-0.1, -0.05) is 26.0 Å². The van der Waals surface area contributed by atoms with Crippen LogP contribution in [0.3, 0.4) is 0 Å². The number of nitrogens with one attached hydrogen (secondary N) is 1. The number of fused-ring (bicyclic) bond motifs is 1. The number of aryl methyl sites for hydroxylation is 1. The maximum Gasteiger partial charge on any atom is 0.222 e. The molecule has 0 bridgehead atoms. The van der Waals surface area contributed by atoms with Crippen molar-refractivity contribution < 1.29 is 4.74 Å². The summed E-state index contributed by atoms with van der Waals surface area (Å²) in [4.78, 5) is 4.72. The highest BCUT2D eigenvalue weighted by Gasteiger charge is 2.14. The van der Waals surface area contributed by atoms with Crippen LogP contribution in [-0.2, 0) is 6.54 Å². The Labute approximate surface area is 166 Å². The molecule has 1 N–H and O–H groups in total. The van der Waals surface area contributed by atoms with E-state index in [1.54, 1.807) is 6.20 Å². The average Bonchev–Trinajstić information content (AvgIpc) is 3.13. The van der Waals surface area contributed by atoms with Crippen LogP contribution in [0.25, 0.3) is 22.2 Å². The molecule has 0 atom stereocenters. The molecule has 0 aliphatic heterocycles. The second-order valence-electron chi connectivity index (χ2n) is 6.75. The van der Waals surface area contributed by atoms with Gasteiger partial charge in [0.25, 0.3) is 0 Å². The molecule has 6 heteroatoms. The number of nitriles is 1. The monoisotopic (exact) mass is 377 g/mol. The van der Waals surface area contributed by atoms with E-state index in [1.165, 1.54) is 0 Å². The number of benzene rings is 1. The van der Waals surface area contributed by atoms with E-state index in [0.29, 0.717) is 18.1 Å². The van der Waals surface area contributed by atoms with E-state index in [4.69, 9.17) is 15.0 Å². The summed E-state index contributed by atoms with van der Waals surface area (Å²) < 4.78 is 7.92. The molecular formula is C22H27N5O. The summed E-state index contributed by atoms with van der Waals surface area (Å²) in [7, 11) is 0. The van der Waals surface area contributed by atoms with Gasteiger partial charge in [-0.05, 0) is 56.1 Å². The van der Waals surface area contributed by atoms with E-state index in [9.17, 15) is 0 Å². The van der Waals surface area contributed by atoms with Crippen molar-refractivity contribution in [3.8, 4) is 23.1 Å². The quantitative estimate of drug-likeness (QED) is 0.537. The molecule has 0 aliphatic rings. The van der Waals surface area contributed by atoms with E-state index < -0.39 is 0 Å². The van der Waals surface area contributed by atoms with Gasteiger partial charge in [0.2, 0.25) is 5.88 Å². The zero-order chi connectivity index (χ0) is 19.8. The standard InChI is InChI=1S/C22H27N5O/c1-3-10-24-11-5-12-27-21-14-19(18-8-6-17(15-23)7-9-18)22(28-13-4-2)26-20(21)16-25-27/h6-9,14,16,24H,3-5,10-13H2,1-2H3. The minimum Gasteiger partial charge on any atom is -0.477 e. The van der Waals surface area contributed by atoms with Gasteiger partial charge >= 0.3 is 0 Å². The van der Waals surface area contributed by atoms with E-state index in [1.807, 2.05) is 28.9 Å². The predicted molar refractivity (Wildman–Crippen MR) is 111 cm³/mol. The Kier molecular flexibility index (Phi) is 6.99. The van der Waals surface area contributed by atoms with Crippen LogP contribution in [-0.4, -0.2) is 34.5 Å². The highest BCUT2D eigenvalue weighted by Crippen LogP contribution is 2.32. The maximum atomic E-state index is 9.05. The van der Waals surface area contributed by atoms with Gasteiger partial charge in [0, 0.05) is 12.1 Å². The van der Waals surface area contributed by atoms with Gasteiger partial charge < -0.3 is 10.1 Å². The largest absolute Gasteiger partial charge is 0.477 e. The van der Waals surface area contributed by atoms with E-state index >= 15 is 0 Å². The molecule has 0 fully saturated rings. The predicted octanol–water partition coefficient (Wildman–Crippen LogP) is 4.15. The number of aromatic nitrogens is 3. The highest BCUT2D eigenvalue weighted by atomic mass is 16.5. The molecule has 2 aromatic heterocycles. The Morgan fingerprint density at radius 1 is 1.14 bits per heavy atom. The summed E-state index contributed by atoms with van der Waals surface area (Å²) in [5, 5.41) is 17.0. The molecule has 0 spiro atoms. The molecule has 0 radical (unpaired) electrons. The van der Waals surface area contributed by atoms with Crippen LogP contribution in [0.15, 0.2) is 36.5 Å². The molecule has 1 aromatic carbocycles. The second kappa shape index (κ2) is 9.86. The number of hydrogen-bond donors (Lipinski definition) is 1. The SMILES string of the molecule is CCCNCCCn1ncc2nc(OCCC)c(-c3ccc(C#N)cc3)cc21. The Morgan fingerprint density at radius 3 is 2.68 bits per heavy atom. The summed E-state index contributed by atoms with van der Waals surface area (Å²) in [6, 6.07) is 11.8. The number of hydrogen-bond acceptors (Lipinski definition) is 5. The zero-order valence-electron chi connectivity index (χ0n) is 16.6. The lowest BCUT2D eigenvalue weighted by Gasteiger charge is -2.12. The fourth-order valence-electron chi connectivity index (χ4n) is 3.06. The summed E-state index contributed by atoms with van der Waals surface area (Å²) >= 11 is 0. The molecule has 0 saturated heterocycles. The fourth-order valence-corrected chi connectivity index (χ4v) is 3.06. The molecule has 0 aliphatic carbocycles. The van der Waals surface area contributed by atoms with Crippen LogP contribution in [0, 0.1) is 11.3 Å². The van der Waals surface area contributed by atoms with Crippen LogP contribution in [0.5, 0.6) is 5.88 Å². The second-order valence-corrected chi connectivity index (χ2v) is 6.75. The lowest BCUT2D eigenvalue weighted by molar-refractivity contribution is 0.308. The Morgan fingerprint density at radius 2 is 1.96 bits per heavy atom. The Balaban J connectivity index is 1.91. The van der Waals surface area contributed by atoms with Crippen molar-refractivity contribution in [2.24, 2.45) is 0 Å². The molecule has 2 heterocycles. The lowest BCUT2D eigenvalue weighted by atomic mass is 10.0. The minimum atomic E-state index is 0.610. The van der Waals surface area contributed by atoms with Crippen LogP contribution in [0.2, 0.25) is 0 Å². The van der Waals surface area contributed by atoms with E-state index in [-0.39, 0.29) is 0 Å². The third-order valence-electron chi connectivity index (χ3n) is 4.51. The van der Waals surface area contributed by atoms with Gasteiger partial charge in [0.15, 0.2) is 0 Å². The Hall–Kier alpha value is -2.91. The van der Waals surface area contributed by atoms with E-state index in [0.717, 1.165) is 61.1 Å². The molecule has 0 saturated carbocycles. The number of pyridine rings is 1. The summed E-state index contributed by atoms with van der Waals surface area (Å²) in [5.41, 5.74) is 4.38. The molecule has 0 unspecified atom stereocenters. The maximum absolute atomic E-state index is 9.05. The van der Waals surface area contributed by atoms with Crippen LogP contribution < -0.4 is 10.1 Å². The van der Waals surface area contributed by atoms with Gasteiger partial charge in [-0.2, -0.15) is 10.4 Å². The smallest absolute Gasteiger partial charge is 0.222 e. The fraction of sp³-hybridized carbons (Fsp3) is 0.409. The molecule has 3 aromatic rings. The first-order valence-electron chi connectivity index (χ1n) is 9.97. The Bertz CT molecular complexity index is 940. The molecule has 0 amide bonds. The first kappa shape index (κ1) is 19.8. The van der Waals surface area contributed by atoms with Crippen molar-refractivity contribution >= 4 is 11.0 Å². The molecule has 28 heavy (non-hydrogen) atoms. The van der Waals surface area contributed by atoms with Gasteiger partial charge in [0.1, 0.15) is 5.52 Å². The first-order valence-corrected chi connectivity index (χ1v) is 9.97. The van der Waals surface area contributed by atoms with Crippen LogP contribution in [0.4, 0.5) is 0 Å². The first-order chi connectivity index (χ1) is 13.8. The average molecular weight is 377 g/mol. The number of ether oxygens (including phenoxy) is 1. The van der Waals surface area contributed by atoms with Crippen molar-refractivity contribution in [3.63, 3.8) is 0 Å². The molecule has 3 rings (SSSR count). The third-order valence-corrected chi connectivity index (χ3v) is 4.51. The summed E-state index contributed by atoms with van der Waals surface area (Å²) in [6.07, 6.45) is 4.87.